The summed E-state index contributed by atoms with van der Waals surface area (Å²) in [5.41, 5.74) is 0.522. The Morgan fingerprint density at radius 1 is 1.34 bits per heavy atom. The molecule has 0 spiro atoms. The van der Waals surface area contributed by atoms with Crippen LogP contribution >= 0.6 is 0 Å². The van der Waals surface area contributed by atoms with Gasteiger partial charge in [0.25, 0.3) is 0 Å². The molecule has 1 unspecified atom stereocenters. The number of carbonyl (C=O) groups excluding carboxylic acids is 2. The molecule has 7 heteroatoms. The summed E-state index contributed by atoms with van der Waals surface area (Å²) in [6.45, 7) is 4.95. The number of halogens is 1. The number of hydrogen-bond donors (Lipinski definition) is 2. The van der Waals surface area contributed by atoms with Gasteiger partial charge in [-0.1, -0.05) is 45.6 Å². The molecular weight excluding hydrogens is 371 g/mol. The van der Waals surface area contributed by atoms with Crippen molar-refractivity contribution in [3.63, 3.8) is 0 Å². The minimum Gasteiger partial charge on any atom is -0.380 e. The molecule has 0 radical (unpaired) electrons. The number of nitrogens with one attached hydrogen (secondary N) is 2. The molecule has 6 nitrogen and oxygen atoms in total. The third kappa shape index (κ3) is 6.73. The van der Waals surface area contributed by atoms with Crippen LogP contribution in [0.1, 0.15) is 71.6 Å². The van der Waals surface area contributed by atoms with Crippen molar-refractivity contribution in [2.24, 2.45) is 5.41 Å². The van der Waals surface area contributed by atoms with Crippen molar-refractivity contribution >= 4 is 11.8 Å². The van der Waals surface area contributed by atoms with E-state index in [9.17, 15) is 14.0 Å². The smallest absolute Gasteiger partial charge is 0.243 e. The van der Waals surface area contributed by atoms with Crippen LogP contribution in [0.5, 0.6) is 0 Å². The van der Waals surface area contributed by atoms with E-state index < -0.39 is 17.6 Å². The number of amides is 2. The number of nitriles is 1. The second-order valence-electron chi connectivity index (χ2n) is 8.54. The molecule has 1 aliphatic carbocycles. The van der Waals surface area contributed by atoms with Gasteiger partial charge in [0.15, 0.2) is 0 Å². The van der Waals surface area contributed by atoms with Crippen LogP contribution < -0.4 is 10.6 Å². The molecule has 0 bridgehead atoms. The fraction of sp³-hybridized carbons (Fsp3) is 0.773. The van der Waals surface area contributed by atoms with E-state index in [1.165, 1.54) is 24.2 Å². The molecule has 2 amide bonds. The van der Waals surface area contributed by atoms with Crippen molar-refractivity contribution in [2.75, 3.05) is 19.6 Å². The SMILES string of the molecule is CCCCCCCNC(=O)C1(C)CC=C(NCC(=O)N2C[C@@H](F)C[C@H]2C#N)CC1. The Bertz CT molecular complexity index is 645. The first kappa shape index (κ1) is 23.2. The van der Waals surface area contributed by atoms with Gasteiger partial charge >= 0.3 is 0 Å². The van der Waals surface area contributed by atoms with Crippen LogP contribution in [0.15, 0.2) is 11.8 Å². The number of hydrogen-bond acceptors (Lipinski definition) is 4. The average molecular weight is 407 g/mol. The summed E-state index contributed by atoms with van der Waals surface area (Å²) >= 11 is 0. The van der Waals surface area contributed by atoms with Gasteiger partial charge in [-0.2, -0.15) is 5.26 Å². The van der Waals surface area contributed by atoms with E-state index in [0.717, 1.165) is 31.5 Å². The molecule has 2 rings (SSSR count). The van der Waals surface area contributed by atoms with Crippen molar-refractivity contribution < 1.29 is 14.0 Å². The highest BCUT2D eigenvalue weighted by atomic mass is 19.1. The maximum absolute atomic E-state index is 13.5. The summed E-state index contributed by atoms with van der Waals surface area (Å²) in [5.74, 6) is -0.158. The van der Waals surface area contributed by atoms with Crippen LogP contribution in [0.2, 0.25) is 0 Å². The van der Waals surface area contributed by atoms with Crippen LogP contribution in [0, 0.1) is 16.7 Å². The van der Waals surface area contributed by atoms with Gasteiger partial charge in [0, 0.05) is 18.7 Å². The van der Waals surface area contributed by atoms with Crippen LogP contribution in [0.25, 0.3) is 0 Å². The third-order valence-electron chi connectivity index (χ3n) is 6.05. The molecular formula is C22H35FN4O2. The van der Waals surface area contributed by atoms with E-state index in [1.54, 1.807) is 0 Å². The highest BCUT2D eigenvalue weighted by molar-refractivity contribution is 5.82. The van der Waals surface area contributed by atoms with E-state index in [1.807, 2.05) is 19.1 Å². The number of carbonyl (C=O) groups is 2. The molecule has 162 valence electrons. The largest absolute Gasteiger partial charge is 0.380 e. The fourth-order valence-corrected chi connectivity index (χ4v) is 3.95. The van der Waals surface area contributed by atoms with E-state index in [0.29, 0.717) is 12.8 Å². The zero-order valence-electron chi connectivity index (χ0n) is 17.8. The minimum atomic E-state index is -1.12. The molecule has 3 atom stereocenters. The number of allylic oxidation sites excluding steroid dienone is 2. The maximum Gasteiger partial charge on any atom is 0.243 e. The normalized spacial score (nSPS) is 26.6. The molecule has 1 heterocycles. The monoisotopic (exact) mass is 406 g/mol. The lowest BCUT2D eigenvalue weighted by molar-refractivity contribution is -0.131. The number of likely N-dealkylation sites (tertiary alicyclic amines) is 1. The zero-order chi connectivity index (χ0) is 21.3. The van der Waals surface area contributed by atoms with Crippen molar-refractivity contribution in [1.82, 2.24) is 15.5 Å². The number of alkyl halides is 1. The lowest BCUT2D eigenvalue weighted by Crippen LogP contribution is -2.43. The molecule has 29 heavy (non-hydrogen) atoms. The Balaban J connectivity index is 1.73. The van der Waals surface area contributed by atoms with Crippen LogP contribution in [0.3, 0.4) is 0 Å². The zero-order valence-corrected chi connectivity index (χ0v) is 17.8. The summed E-state index contributed by atoms with van der Waals surface area (Å²) in [6.07, 6.45) is 8.86. The van der Waals surface area contributed by atoms with E-state index in [4.69, 9.17) is 5.26 Å². The van der Waals surface area contributed by atoms with Gasteiger partial charge in [-0.3, -0.25) is 9.59 Å². The number of rotatable bonds is 10. The minimum absolute atomic E-state index is 0.00548. The first-order valence-electron chi connectivity index (χ1n) is 10.9. The van der Waals surface area contributed by atoms with Gasteiger partial charge in [-0.25, -0.2) is 4.39 Å². The quantitative estimate of drug-likeness (QED) is 0.546. The molecule has 1 aliphatic heterocycles. The van der Waals surface area contributed by atoms with Crippen LogP contribution in [0.4, 0.5) is 4.39 Å². The van der Waals surface area contributed by atoms with Crippen molar-refractivity contribution in [2.45, 2.75) is 83.8 Å². The summed E-state index contributed by atoms with van der Waals surface area (Å²) in [5, 5.41) is 15.2. The number of unbranched alkanes of at least 4 members (excludes halogenated alkanes) is 4. The fourth-order valence-electron chi connectivity index (χ4n) is 3.95. The predicted octanol–water partition coefficient (Wildman–Crippen LogP) is 3.20. The van der Waals surface area contributed by atoms with E-state index in [2.05, 4.69) is 17.6 Å². The Hall–Kier alpha value is -2.10. The second kappa shape index (κ2) is 11.2. The van der Waals surface area contributed by atoms with Gasteiger partial charge in [-0.15, -0.1) is 0 Å². The number of nitrogens with zero attached hydrogens (tertiary/aromatic N) is 2. The molecule has 0 aromatic carbocycles. The molecule has 2 aliphatic rings. The summed E-state index contributed by atoms with van der Waals surface area (Å²) in [6, 6.07) is 1.32. The second-order valence-corrected chi connectivity index (χ2v) is 8.54. The summed E-state index contributed by atoms with van der Waals surface area (Å²) < 4.78 is 13.5. The van der Waals surface area contributed by atoms with E-state index in [-0.39, 0.29) is 31.3 Å². The summed E-state index contributed by atoms with van der Waals surface area (Å²) in [7, 11) is 0. The first-order valence-corrected chi connectivity index (χ1v) is 10.9. The maximum atomic E-state index is 13.5. The Labute approximate surface area is 173 Å². The Morgan fingerprint density at radius 3 is 2.76 bits per heavy atom. The van der Waals surface area contributed by atoms with Gasteiger partial charge in [0.1, 0.15) is 12.2 Å². The summed E-state index contributed by atoms with van der Waals surface area (Å²) in [4.78, 5) is 26.2. The van der Waals surface area contributed by atoms with Crippen LogP contribution in [-0.2, 0) is 9.59 Å². The van der Waals surface area contributed by atoms with Crippen molar-refractivity contribution in [1.29, 1.82) is 5.26 Å². The molecule has 0 saturated carbocycles. The highest BCUT2D eigenvalue weighted by Gasteiger charge is 2.36. The third-order valence-corrected chi connectivity index (χ3v) is 6.05. The average Bonchev–Trinajstić information content (AvgIpc) is 3.10. The topological polar surface area (TPSA) is 85.2 Å². The molecule has 0 aromatic heterocycles. The standard InChI is InChI=1S/C22H35FN4O2/c1-3-4-5-6-7-12-25-21(29)22(2)10-8-18(9-11-22)26-15-20(28)27-16-17(23)13-19(27)14-24/h8,17,19,26H,3-7,9-13,15-16H2,1-2H3,(H,25,29)/t17-,19-,22?/m0/s1. The highest BCUT2D eigenvalue weighted by Crippen LogP contribution is 2.34. The van der Waals surface area contributed by atoms with Crippen molar-refractivity contribution in [3.05, 3.63) is 11.8 Å². The van der Waals surface area contributed by atoms with Gasteiger partial charge < -0.3 is 15.5 Å². The van der Waals surface area contributed by atoms with Gasteiger partial charge in [0.2, 0.25) is 11.8 Å². The lowest BCUT2D eigenvalue weighted by atomic mass is 9.77. The molecule has 1 saturated heterocycles. The van der Waals surface area contributed by atoms with Gasteiger partial charge in [0.05, 0.1) is 24.6 Å². The molecule has 0 aromatic rings. The Morgan fingerprint density at radius 2 is 2.10 bits per heavy atom. The molecule has 1 fully saturated rings. The van der Waals surface area contributed by atoms with Gasteiger partial charge in [-0.05, 0) is 25.7 Å². The Kier molecular flexibility index (Phi) is 8.94. The predicted molar refractivity (Wildman–Crippen MR) is 110 cm³/mol. The first-order chi connectivity index (χ1) is 13.9. The van der Waals surface area contributed by atoms with Crippen molar-refractivity contribution in [3.8, 4) is 6.07 Å². The lowest BCUT2D eigenvalue weighted by Gasteiger charge is -2.32. The van der Waals surface area contributed by atoms with Crippen LogP contribution in [-0.4, -0.2) is 48.6 Å². The van der Waals surface area contributed by atoms with E-state index >= 15 is 0 Å². The molecule has 2 N–H and O–H groups in total.